The maximum absolute atomic E-state index is 13.5. The van der Waals surface area contributed by atoms with E-state index in [-0.39, 0.29) is 26.1 Å². The van der Waals surface area contributed by atoms with Crippen LogP contribution in [0.2, 0.25) is 0 Å². The molecule has 0 aromatic heterocycles. The average molecular weight is 1730 g/mol. The number of aliphatic hydroxyl groups is 1. The van der Waals surface area contributed by atoms with Crippen LogP contribution in [0.5, 0.6) is 0 Å². The quantitative estimate of drug-likeness (QED) is 0.0199. The summed E-state index contributed by atoms with van der Waals surface area (Å²) in [5.74, 6) is -4.76. The highest BCUT2D eigenvalue weighted by molar-refractivity contribution is 7.82. The van der Waals surface area contributed by atoms with Gasteiger partial charge in [0, 0.05) is 34.5 Å². The first kappa shape index (κ1) is 92.8. The summed E-state index contributed by atoms with van der Waals surface area (Å²) in [5, 5.41) is 32.2. The molecule has 0 radical (unpaired) electrons. The largest absolute Gasteiger partial charge is 0.479 e. The first-order chi connectivity index (χ1) is 48.0. The molecule has 0 unspecified atom stereocenters. The number of aliphatic carboxylic acids is 2. The number of carbonyl (C=O) groups is 2. The molecule has 0 aromatic carbocycles. The zero-order valence-corrected chi connectivity index (χ0v) is 60.7. The molecular weight excluding hydrogens is 1660 g/mol. The molecule has 64 heteroatoms. The van der Waals surface area contributed by atoms with E-state index in [9.17, 15) is 142 Å². The number of unbranched alkanes of at least 4 members (excludes halogenated alkanes) is 2. The topological polar surface area (TPSA) is 796 Å². The second-order valence-electron chi connectivity index (χ2n) is 21.6. The molecule has 0 saturated carbocycles. The highest BCUT2D eigenvalue weighted by Gasteiger charge is 2.63. The molecule has 55 nitrogen and oxygen atoms in total. The molecule has 5 fully saturated rings. The number of carboxylic acid groups (broad SMARTS) is 2. The zero-order chi connectivity index (χ0) is 79.7. The van der Waals surface area contributed by atoms with Gasteiger partial charge in [0.1, 0.15) is 85.5 Å². The number of methoxy groups -OCH3 is 3. The van der Waals surface area contributed by atoms with Crippen molar-refractivity contribution in [2.75, 3.05) is 54.4 Å². The van der Waals surface area contributed by atoms with Gasteiger partial charge < -0.3 is 81.6 Å². The predicted molar refractivity (Wildman–Crippen MR) is 313 cm³/mol. The maximum Gasteiger partial charge on any atom is 0.397 e. The average Bonchev–Trinajstić information content (AvgIpc) is 0.765. The van der Waals surface area contributed by atoms with Gasteiger partial charge in [-0.3, -0.25) is 41.0 Å². The Kier molecular flexibility index (Phi) is 33.3. The van der Waals surface area contributed by atoms with Crippen LogP contribution in [0.3, 0.4) is 0 Å². The number of rotatable bonds is 42. The van der Waals surface area contributed by atoms with E-state index in [1.54, 1.807) is 13.8 Å². The Morgan fingerprint density at radius 3 is 0.914 bits per heavy atom. The Labute approximate surface area is 595 Å². The van der Waals surface area contributed by atoms with Gasteiger partial charge in [-0.25, -0.2) is 47.2 Å². The molecule has 0 aliphatic carbocycles. The molecule has 5 aliphatic heterocycles. The lowest BCUT2D eigenvalue weighted by molar-refractivity contribution is -0.385. The fraction of sp³-hybridized carbons (Fsp3) is 0.951. The van der Waals surface area contributed by atoms with Gasteiger partial charge in [0.05, 0.1) is 19.8 Å². The Hall–Kier alpha value is -2.83. The van der Waals surface area contributed by atoms with Crippen LogP contribution < -0.4 is 0 Å². The Balaban J connectivity index is 1.70. The van der Waals surface area contributed by atoms with Gasteiger partial charge in [-0.05, 0) is 12.8 Å². The fourth-order valence-corrected chi connectivity index (χ4v) is 14.4. The molecule has 0 aromatic rings. The summed E-state index contributed by atoms with van der Waals surface area (Å²) in [6.07, 6.45) is -68.7. The standard InChI is InChI=1S/C41H70O55S9/c1-6-8-10-77-18-15(12-79-97(47,48)49)83-39(33(95-104(68,69)70)23(18)78-11-9-7-2)87-24-21(74-3)31(76-5)38(89-28(24)35(42)43)85-20-17(14-81-99(53,54)55)84-40(34(96-105(71,72)73)27(20)92-101(59,60)61)88-25-22(75-4)32(94-103(65,66)67)41(90-29(25)36(44)45)86-19-16(13-80-98(50,51)52)82-37(46)30(93-102(62,63)64)26(19)91-100(56,57)58/h15-34,37-41,46H,6-14H2,1-5H3,(H,42,43)(H,44,45)(H,47,48,49)(H,50,51,52)(H,53,54,55)(H,56,57,58)(H,59,60,61)(H,62,63,64)(H,65,66,67)(H,68,69,70)(H,71,72,73)/t15-,16-,17-,18-,19-,20-,21+,22+,23-,24+,25+,26+,27+,28+,29-,30-,31-,32-,33-,34-,37+,38-,39+,40+,41-/m1/s1. The molecular formula is C41H70O55S9. The van der Waals surface area contributed by atoms with E-state index in [1.807, 2.05) is 0 Å². The summed E-state index contributed by atoms with van der Waals surface area (Å²) in [4.78, 5) is 26.8. The number of carboxylic acids is 2. The summed E-state index contributed by atoms with van der Waals surface area (Å²) in [5.41, 5.74) is 0. The van der Waals surface area contributed by atoms with Crippen molar-refractivity contribution in [3.8, 4) is 0 Å². The molecule has 0 bridgehead atoms. The Morgan fingerprint density at radius 2 is 0.581 bits per heavy atom. The SMILES string of the molecule is CCCCO[C@H]1[C@@H](OS(=O)(=O)O)[C@H](O[C@H]2[C@H](OC)[C@@H](OC)[C@H](O[C@H]3[C@H](OS(=O)(=O)O)[C@@H](OS(=O)(=O)O)[C@H](O[C@H]4[C@H](OC)[C@@H](OS(=O)(=O)O)[C@H](O[C@H]5[C@H](OS(=O)(=O)O)[C@@H](OS(=O)(=O)O)[C@@H](O)O[C@@H]5COS(=O)(=O)O)O[C@H]4C(=O)O)O[C@@H]3COS(=O)(=O)O)O[C@@H]2C(=O)O)O[C@H](COS(=O)(=O)O)[C@H]1OCCCC. The van der Waals surface area contributed by atoms with Crippen LogP contribution in [0.15, 0.2) is 0 Å². The number of aliphatic hydroxyl groups excluding tert-OH is 1. The van der Waals surface area contributed by atoms with Gasteiger partial charge in [0.25, 0.3) is 0 Å². The van der Waals surface area contributed by atoms with E-state index < -0.39 is 279 Å². The lowest BCUT2D eigenvalue weighted by Crippen LogP contribution is -2.70. The zero-order valence-electron chi connectivity index (χ0n) is 53.4. The third kappa shape index (κ3) is 29.0. The van der Waals surface area contributed by atoms with Crippen molar-refractivity contribution in [1.29, 1.82) is 0 Å². The minimum absolute atomic E-state index is 0.172. The number of hydrogen-bond donors (Lipinski definition) is 12. The molecule has 5 aliphatic rings. The van der Waals surface area contributed by atoms with Crippen LogP contribution in [0.4, 0.5) is 0 Å². The molecule has 5 heterocycles. The Bertz CT molecular complexity index is 3960. The van der Waals surface area contributed by atoms with Crippen molar-refractivity contribution in [1.82, 2.24) is 0 Å². The molecule has 0 amide bonds. The van der Waals surface area contributed by atoms with E-state index in [0.29, 0.717) is 27.1 Å². The summed E-state index contributed by atoms with van der Waals surface area (Å²) < 4.78 is 430. The number of hydrogen-bond acceptors (Lipinski definition) is 44. The van der Waals surface area contributed by atoms with Crippen LogP contribution in [0, 0.1) is 0 Å². The van der Waals surface area contributed by atoms with Crippen LogP contribution in [0.25, 0.3) is 0 Å². The van der Waals surface area contributed by atoms with E-state index >= 15 is 0 Å². The minimum atomic E-state index is -6.40. The second kappa shape index (κ2) is 37.7. The van der Waals surface area contributed by atoms with E-state index in [1.165, 1.54) is 0 Å². The van der Waals surface area contributed by atoms with Crippen molar-refractivity contribution in [2.45, 2.75) is 193 Å². The summed E-state index contributed by atoms with van der Waals surface area (Å²) >= 11 is 0. The highest BCUT2D eigenvalue weighted by Crippen LogP contribution is 2.42. The molecule has 5 saturated heterocycles. The van der Waals surface area contributed by atoms with E-state index in [2.05, 4.69) is 29.3 Å². The van der Waals surface area contributed by atoms with E-state index in [0.717, 1.165) is 7.11 Å². The Morgan fingerprint density at radius 1 is 0.314 bits per heavy atom. The maximum atomic E-state index is 13.5. The molecule has 25 atom stereocenters. The van der Waals surface area contributed by atoms with Crippen molar-refractivity contribution in [3.63, 3.8) is 0 Å². The molecule has 12 N–H and O–H groups in total. The third-order valence-electron chi connectivity index (χ3n) is 14.4. The van der Waals surface area contributed by atoms with Crippen LogP contribution in [-0.4, -0.2) is 352 Å². The van der Waals surface area contributed by atoms with Gasteiger partial charge in [-0.2, -0.15) is 75.8 Å². The van der Waals surface area contributed by atoms with Crippen molar-refractivity contribution in [2.24, 2.45) is 0 Å². The van der Waals surface area contributed by atoms with Crippen LogP contribution in [0.1, 0.15) is 39.5 Å². The lowest BCUT2D eigenvalue weighted by Gasteiger charge is -2.51. The predicted octanol–water partition coefficient (Wildman–Crippen LogP) is -7.69. The summed E-state index contributed by atoms with van der Waals surface area (Å²) in [7, 11) is -52.2. The molecule has 618 valence electrons. The first-order valence-corrected chi connectivity index (χ1v) is 40.9. The third-order valence-corrected chi connectivity index (χ3v) is 18.5. The molecule has 0 spiro atoms. The highest BCUT2D eigenvalue weighted by atomic mass is 32.3. The van der Waals surface area contributed by atoms with Gasteiger partial charge >= 0.3 is 106 Å². The molecule has 5 rings (SSSR count). The van der Waals surface area contributed by atoms with Crippen LogP contribution >= 0.6 is 0 Å². The van der Waals surface area contributed by atoms with Gasteiger partial charge in [-0.1, -0.05) is 26.7 Å². The number of ether oxygens (including phenoxy) is 14. The smallest absolute Gasteiger partial charge is 0.397 e. The first-order valence-electron chi connectivity index (χ1n) is 28.6. The minimum Gasteiger partial charge on any atom is -0.479 e. The summed E-state index contributed by atoms with van der Waals surface area (Å²) in [6, 6.07) is 0. The fourth-order valence-electron chi connectivity index (χ4n) is 10.6. The van der Waals surface area contributed by atoms with Gasteiger partial charge in [-0.15, -0.1) is 0 Å². The van der Waals surface area contributed by atoms with E-state index in [4.69, 9.17) is 74.7 Å². The van der Waals surface area contributed by atoms with Gasteiger partial charge in [0.2, 0.25) is 0 Å². The van der Waals surface area contributed by atoms with Crippen molar-refractivity contribution < 1.29 is 246 Å². The summed E-state index contributed by atoms with van der Waals surface area (Å²) in [6.45, 7) is -2.25. The van der Waals surface area contributed by atoms with Crippen LogP contribution in [-0.2, 0) is 207 Å². The van der Waals surface area contributed by atoms with Crippen molar-refractivity contribution in [3.05, 3.63) is 0 Å². The van der Waals surface area contributed by atoms with Crippen molar-refractivity contribution >= 4 is 106 Å². The monoisotopic (exact) mass is 1730 g/mol. The normalized spacial score (nSPS) is 35.2. The molecule has 105 heavy (non-hydrogen) atoms. The van der Waals surface area contributed by atoms with Gasteiger partial charge in [0.15, 0.2) is 68.1 Å². The lowest BCUT2D eigenvalue weighted by atomic mass is 9.95. The second-order valence-corrected chi connectivity index (χ2v) is 31.2.